The van der Waals surface area contributed by atoms with Gasteiger partial charge in [0, 0.05) is 12.3 Å². The number of fused-ring (bicyclic) bond motifs is 3. The Balaban J connectivity index is 1.28. The average Bonchev–Trinajstić information content (AvgIpc) is 3.52. The zero-order chi connectivity index (χ0) is 23.7. The van der Waals surface area contributed by atoms with E-state index < -0.39 is 35.8 Å². The predicted molar refractivity (Wildman–Crippen MR) is 113 cm³/mol. The summed E-state index contributed by atoms with van der Waals surface area (Å²) in [6, 6.07) is 4.40. The van der Waals surface area contributed by atoms with Gasteiger partial charge in [-0.3, -0.25) is 9.59 Å². The predicted octanol–water partition coefficient (Wildman–Crippen LogP) is 0.0237. The summed E-state index contributed by atoms with van der Waals surface area (Å²) in [6.45, 7) is -1.22. The summed E-state index contributed by atoms with van der Waals surface area (Å²) in [7, 11) is 0. The molecule has 0 bridgehead atoms. The van der Waals surface area contributed by atoms with Crippen molar-refractivity contribution in [1.82, 2.24) is 9.47 Å². The molecule has 1 saturated heterocycles. The fraction of sp³-hybridized carbons (Fsp3) is 0.381. The van der Waals surface area contributed by atoms with Gasteiger partial charge in [-0.05, 0) is 24.5 Å². The Kier molecular flexibility index (Phi) is 4.69. The van der Waals surface area contributed by atoms with Gasteiger partial charge in [-0.15, -0.1) is 0 Å². The van der Waals surface area contributed by atoms with Crippen LogP contribution in [-0.4, -0.2) is 67.6 Å². The number of nitrogens with zero attached hydrogens (tertiary/aromatic N) is 2. The Morgan fingerprint density at radius 2 is 1.97 bits per heavy atom. The third-order valence-corrected chi connectivity index (χ3v) is 6.66. The highest BCUT2D eigenvalue weighted by atomic mass is 16.6. The molecule has 4 N–H and O–H groups in total. The van der Waals surface area contributed by atoms with Gasteiger partial charge in [-0.1, -0.05) is 18.3 Å². The first kappa shape index (κ1) is 21.3. The molecule has 1 amide bonds. The number of hydrogen-bond acceptors (Lipinski definition) is 8. The first-order valence-electron chi connectivity index (χ1n) is 10.6. The highest BCUT2D eigenvalue weighted by Crippen LogP contribution is 2.63. The minimum atomic E-state index is -3.13. The van der Waals surface area contributed by atoms with Gasteiger partial charge in [0.2, 0.25) is 11.3 Å². The van der Waals surface area contributed by atoms with Crippen LogP contribution in [0.3, 0.4) is 0 Å². The van der Waals surface area contributed by atoms with Crippen molar-refractivity contribution in [3.8, 4) is 17.2 Å². The molecule has 33 heavy (non-hydrogen) atoms. The molecule has 11 nitrogen and oxygen atoms in total. The van der Waals surface area contributed by atoms with Crippen molar-refractivity contribution >= 4 is 18.6 Å². The number of hydrogen-bond donors (Lipinski definition) is 4. The largest absolute Gasteiger partial charge is 0.669 e. The van der Waals surface area contributed by atoms with E-state index in [9.17, 15) is 34.6 Å². The zero-order valence-corrected chi connectivity index (χ0v) is 17.7. The van der Waals surface area contributed by atoms with Gasteiger partial charge < -0.3 is 39.1 Å². The molecule has 3 aliphatic rings. The standard InChI is InChI=1S/C21H22BN2O9/c1-10-19(27)15(25)4-5-23(10)9-17(26)24-7-11(8-24)32-16-3-2-12-13-6-14(13)22(30,31)33-20(12)18(16)21(28)29/h2-5,11,13-14,27,30-31H,6-9H2,1H3,(H,28,29)/q-1/t13-,14-/m1/s1. The molecule has 2 aliphatic heterocycles. The maximum atomic E-state index is 12.5. The van der Waals surface area contributed by atoms with Crippen LogP contribution in [0.1, 0.15) is 34.0 Å². The molecule has 5 rings (SSSR count). The van der Waals surface area contributed by atoms with E-state index in [1.165, 1.54) is 34.7 Å². The summed E-state index contributed by atoms with van der Waals surface area (Å²) in [6.07, 6.45) is 1.50. The summed E-state index contributed by atoms with van der Waals surface area (Å²) < 4.78 is 12.6. The van der Waals surface area contributed by atoms with Crippen LogP contribution < -0.4 is 14.8 Å². The van der Waals surface area contributed by atoms with Gasteiger partial charge in [0.1, 0.15) is 24.0 Å². The maximum Gasteiger partial charge on any atom is 0.434 e. The van der Waals surface area contributed by atoms with Gasteiger partial charge >= 0.3 is 12.7 Å². The summed E-state index contributed by atoms with van der Waals surface area (Å²) in [4.78, 5) is 37.5. The number of amides is 1. The normalized spacial score (nSPS) is 22.5. The molecule has 1 saturated carbocycles. The Labute approximate surface area is 187 Å². The minimum Gasteiger partial charge on any atom is -0.669 e. The zero-order valence-electron chi connectivity index (χ0n) is 17.7. The second-order valence-corrected chi connectivity index (χ2v) is 8.83. The molecule has 0 spiro atoms. The summed E-state index contributed by atoms with van der Waals surface area (Å²) in [5, 5.41) is 39.7. The lowest BCUT2D eigenvalue weighted by atomic mass is 9.68. The van der Waals surface area contributed by atoms with Crippen LogP contribution in [-0.2, 0) is 11.3 Å². The van der Waals surface area contributed by atoms with Crippen LogP contribution >= 0.6 is 0 Å². The van der Waals surface area contributed by atoms with E-state index in [4.69, 9.17) is 9.39 Å². The van der Waals surface area contributed by atoms with E-state index in [1.807, 2.05) is 0 Å². The summed E-state index contributed by atoms with van der Waals surface area (Å²) in [5.41, 5.74) is 0.120. The van der Waals surface area contributed by atoms with Crippen LogP contribution in [0.2, 0.25) is 5.82 Å². The first-order chi connectivity index (χ1) is 15.6. The van der Waals surface area contributed by atoms with Crippen LogP contribution in [0.4, 0.5) is 0 Å². The van der Waals surface area contributed by atoms with Crippen molar-refractivity contribution in [1.29, 1.82) is 0 Å². The molecule has 1 aromatic carbocycles. The van der Waals surface area contributed by atoms with Gasteiger partial charge in [0.05, 0.1) is 24.5 Å². The van der Waals surface area contributed by atoms with Crippen LogP contribution in [0, 0.1) is 6.92 Å². The molecule has 1 aliphatic carbocycles. The Morgan fingerprint density at radius 1 is 1.24 bits per heavy atom. The lowest BCUT2D eigenvalue weighted by Crippen LogP contribution is -2.57. The van der Waals surface area contributed by atoms with Crippen LogP contribution in [0.25, 0.3) is 0 Å². The lowest BCUT2D eigenvalue weighted by molar-refractivity contribution is -0.140. The summed E-state index contributed by atoms with van der Waals surface area (Å²) in [5.74, 6) is -2.59. The van der Waals surface area contributed by atoms with Crippen molar-refractivity contribution in [2.75, 3.05) is 13.1 Å². The molecule has 2 atom stereocenters. The number of carbonyl (C=O) groups is 2. The first-order valence-corrected chi connectivity index (χ1v) is 10.6. The molecular formula is C21H22BN2O9-. The van der Waals surface area contributed by atoms with Gasteiger partial charge in [-0.25, -0.2) is 4.79 Å². The van der Waals surface area contributed by atoms with Crippen molar-refractivity contribution in [2.45, 2.75) is 37.7 Å². The highest BCUT2D eigenvalue weighted by Gasteiger charge is 2.55. The molecule has 1 aromatic heterocycles. The topological polar surface area (TPSA) is 159 Å². The molecular weight excluding hydrogens is 435 g/mol. The third kappa shape index (κ3) is 3.51. The second-order valence-electron chi connectivity index (χ2n) is 8.83. The lowest BCUT2D eigenvalue weighted by Gasteiger charge is -2.40. The summed E-state index contributed by atoms with van der Waals surface area (Å²) >= 11 is 0. The SMILES string of the molecule is Cc1c(O)c(=O)ccn1CC(=O)N1CC(Oc2ccc3c(c2C(=O)O)O[B-](O)(O)[C@@H]2C[C@H]32)C1. The van der Waals surface area contributed by atoms with E-state index in [-0.39, 0.29) is 54.2 Å². The molecule has 0 unspecified atom stereocenters. The quantitative estimate of drug-likeness (QED) is 0.454. The Hall–Kier alpha value is -3.51. The Bertz CT molecular complexity index is 1230. The van der Waals surface area contributed by atoms with Crippen LogP contribution in [0.15, 0.2) is 29.2 Å². The van der Waals surface area contributed by atoms with E-state index in [0.717, 1.165) is 0 Å². The van der Waals surface area contributed by atoms with Gasteiger partial charge in [0.25, 0.3) is 0 Å². The fourth-order valence-electron chi connectivity index (χ4n) is 4.59. The minimum absolute atomic E-state index is 0.0326. The number of aromatic carboxylic acids is 1. The van der Waals surface area contributed by atoms with Crippen molar-refractivity contribution in [2.24, 2.45) is 0 Å². The number of rotatable bonds is 5. The average molecular weight is 457 g/mol. The smallest absolute Gasteiger partial charge is 0.434 e. The number of aromatic hydroxyl groups is 1. The number of carbonyl (C=O) groups excluding carboxylic acids is 1. The molecule has 2 aromatic rings. The molecule has 12 heteroatoms. The van der Waals surface area contributed by atoms with E-state index in [2.05, 4.69) is 0 Å². The maximum absolute atomic E-state index is 12.5. The van der Waals surface area contributed by atoms with E-state index in [0.29, 0.717) is 12.0 Å². The van der Waals surface area contributed by atoms with Gasteiger partial charge in [0.15, 0.2) is 5.75 Å². The monoisotopic (exact) mass is 457 g/mol. The highest BCUT2D eigenvalue weighted by molar-refractivity contribution is 6.62. The van der Waals surface area contributed by atoms with Crippen molar-refractivity contribution in [3.63, 3.8) is 0 Å². The number of carboxylic acid groups (broad SMARTS) is 1. The van der Waals surface area contributed by atoms with Crippen LogP contribution in [0.5, 0.6) is 17.2 Å². The molecule has 3 heterocycles. The fourth-order valence-corrected chi connectivity index (χ4v) is 4.59. The van der Waals surface area contributed by atoms with Crippen molar-refractivity contribution < 1.29 is 39.2 Å². The number of pyridine rings is 1. The number of carboxylic acids is 1. The van der Waals surface area contributed by atoms with Crippen molar-refractivity contribution in [3.05, 3.63) is 51.4 Å². The number of aromatic nitrogens is 1. The molecule has 174 valence electrons. The molecule has 2 fully saturated rings. The molecule has 0 radical (unpaired) electrons. The Morgan fingerprint density at radius 3 is 2.67 bits per heavy atom. The van der Waals surface area contributed by atoms with Gasteiger partial charge in [-0.2, -0.15) is 0 Å². The number of ether oxygens (including phenoxy) is 1. The van der Waals surface area contributed by atoms with E-state index in [1.54, 1.807) is 6.07 Å². The number of benzene rings is 1. The third-order valence-electron chi connectivity index (χ3n) is 6.66. The second kappa shape index (κ2) is 7.25. The number of likely N-dealkylation sites (tertiary alicyclic amines) is 1. The van der Waals surface area contributed by atoms with E-state index >= 15 is 0 Å².